The molecule has 0 radical (unpaired) electrons. The van der Waals surface area contributed by atoms with E-state index < -0.39 is 0 Å². The van der Waals surface area contributed by atoms with Crippen LogP contribution in [0.25, 0.3) is 22.3 Å². The van der Waals surface area contributed by atoms with E-state index >= 15 is 0 Å². The number of anilines is 1. The Balaban J connectivity index is 1.53. The number of imidazole rings is 1. The van der Waals surface area contributed by atoms with Crippen molar-refractivity contribution in [2.45, 2.75) is 19.4 Å². The van der Waals surface area contributed by atoms with E-state index in [1.54, 1.807) is 6.33 Å². The molecule has 2 aromatic heterocycles. The minimum absolute atomic E-state index is 0.0712. The van der Waals surface area contributed by atoms with Crippen LogP contribution in [-0.4, -0.2) is 53.3 Å². The average Bonchev–Trinajstić information content (AvgIpc) is 3.34. The van der Waals surface area contributed by atoms with Gasteiger partial charge in [0.1, 0.15) is 24.0 Å². The normalized spacial score (nSPS) is 19.4. The molecule has 8 heteroatoms. The lowest BCUT2D eigenvalue weighted by Gasteiger charge is -2.28. The molecule has 1 N–H and O–H groups in total. The second kappa shape index (κ2) is 7.19. The van der Waals surface area contributed by atoms with Gasteiger partial charge in [0.15, 0.2) is 0 Å². The second-order valence-corrected chi connectivity index (χ2v) is 8.08. The van der Waals surface area contributed by atoms with Crippen molar-refractivity contribution in [3.05, 3.63) is 30.6 Å². The number of rotatable bonds is 4. The first-order chi connectivity index (χ1) is 14.5. The quantitative estimate of drug-likeness (QED) is 0.715. The van der Waals surface area contributed by atoms with Crippen molar-refractivity contribution in [1.82, 2.24) is 19.9 Å². The maximum absolute atomic E-state index is 11.6. The Hall–Kier alpha value is -3.29. The van der Waals surface area contributed by atoms with Crippen LogP contribution in [0, 0.1) is 5.92 Å². The van der Waals surface area contributed by atoms with E-state index in [2.05, 4.69) is 28.3 Å². The maximum atomic E-state index is 11.6. The molecule has 1 fully saturated rings. The van der Waals surface area contributed by atoms with Gasteiger partial charge in [0, 0.05) is 38.5 Å². The van der Waals surface area contributed by atoms with E-state index in [1.807, 2.05) is 36.7 Å². The Kier molecular flexibility index (Phi) is 4.49. The first-order valence-corrected chi connectivity index (χ1v) is 10.2. The van der Waals surface area contributed by atoms with Crippen LogP contribution in [-0.2, 0) is 11.8 Å². The summed E-state index contributed by atoms with van der Waals surface area (Å²) in [7, 11) is 3.99. The zero-order valence-electron chi connectivity index (χ0n) is 17.4. The van der Waals surface area contributed by atoms with E-state index in [0.29, 0.717) is 25.5 Å². The number of nitrogens with zero attached hydrogens (tertiary/aromatic N) is 4. The van der Waals surface area contributed by atoms with E-state index in [-0.39, 0.29) is 17.9 Å². The van der Waals surface area contributed by atoms with Gasteiger partial charge in [0.25, 0.3) is 0 Å². The lowest BCUT2D eigenvalue weighted by Crippen LogP contribution is -2.28. The molecular weight excluding hydrogens is 382 g/mol. The summed E-state index contributed by atoms with van der Waals surface area (Å²) >= 11 is 0. The molecule has 1 aromatic carbocycles. The zero-order chi connectivity index (χ0) is 20.8. The van der Waals surface area contributed by atoms with Crippen LogP contribution in [0.1, 0.15) is 13.3 Å². The molecule has 1 saturated heterocycles. The fraction of sp³-hybridized carbons (Fsp3) is 0.409. The molecule has 30 heavy (non-hydrogen) atoms. The number of carbonyl (C=O) groups excluding carboxylic acids is 1. The number of aromatic nitrogens is 3. The van der Waals surface area contributed by atoms with E-state index in [0.717, 1.165) is 40.3 Å². The van der Waals surface area contributed by atoms with Gasteiger partial charge < -0.3 is 24.3 Å². The zero-order valence-corrected chi connectivity index (χ0v) is 17.4. The minimum Gasteiger partial charge on any atom is -0.490 e. The van der Waals surface area contributed by atoms with Crippen LogP contribution in [0.15, 0.2) is 30.6 Å². The number of aryl methyl sites for hydroxylation is 1. The number of benzene rings is 1. The lowest BCUT2D eigenvalue weighted by atomic mass is 10.0. The molecule has 0 unspecified atom stereocenters. The highest BCUT2D eigenvalue weighted by Gasteiger charge is 2.29. The highest BCUT2D eigenvalue weighted by Crippen LogP contribution is 2.36. The Morgan fingerprint density at radius 3 is 2.97 bits per heavy atom. The van der Waals surface area contributed by atoms with Gasteiger partial charge in [-0.15, -0.1) is 0 Å². The van der Waals surface area contributed by atoms with Crippen molar-refractivity contribution < 1.29 is 14.3 Å². The van der Waals surface area contributed by atoms with Gasteiger partial charge in [-0.25, -0.2) is 9.97 Å². The molecule has 0 bridgehead atoms. The number of fused-ring (bicyclic) bond motifs is 2. The number of pyridine rings is 1. The first-order valence-electron chi connectivity index (χ1n) is 10.2. The van der Waals surface area contributed by atoms with Crippen LogP contribution in [0.5, 0.6) is 11.6 Å². The van der Waals surface area contributed by atoms with E-state index in [9.17, 15) is 4.79 Å². The van der Waals surface area contributed by atoms with Gasteiger partial charge in [-0.2, -0.15) is 0 Å². The molecule has 8 nitrogen and oxygen atoms in total. The number of carbonyl (C=O) groups is 1. The molecule has 0 aliphatic carbocycles. The maximum Gasteiger partial charge on any atom is 0.241 e. The first kappa shape index (κ1) is 18.7. The number of ether oxygens (including phenoxy) is 2. The summed E-state index contributed by atoms with van der Waals surface area (Å²) in [6.45, 7) is 4.16. The summed E-state index contributed by atoms with van der Waals surface area (Å²) in [6, 6.07) is 8.11. The van der Waals surface area contributed by atoms with Gasteiger partial charge in [-0.1, -0.05) is 6.07 Å². The fourth-order valence-electron chi connectivity index (χ4n) is 4.12. The number of amides is 1. The van der Waals surface area contributed by atoms with Crippen LogP contribution in [0.4, 0.5) is 5.69 Å². The SMILES string of the molecule is C[C@@H](Oc1nc(-c2ccc3c(c2)OCCN3C)cc2ncn(C)c12)[C@H]1CNC(=O)C1. The summed E-state index contributed by atoms with van der Waals surface area (Å²) in [5, 5.41) is 2.87. The molecular formula is C22H25N5O3. The predicted molar refractivity (Wildman–Crippen MR) is 114 cm³/mol. The van der Waals surface area contributed by atoms with Crippen LogP contribution < -0.4 is 19.7 Å². The van der Waals surface area contributed by atoms with Crippen molar-refractivity contribution in [1.29, 1.82) is 0 Å². The van der Waals surface area contributed by atoms with Gasteiger partial charge in [0.2, 0.25) is 11.8 Å². The third-order valence-corrected chi connectivity index (χ3v) is 5.98. The molecule has 0 spiro atoms. The van der Waals surface area contributed by atoms with Crippen molar-refractivity contribution in [3.63, 3.8) is 0 Å². The standard InChI is InChI=1S/C22H25N5O3/c1-13(15-9-20(28)23-11-15)30-22-21-17(24-12-27(21)3)10-16(25-22)14-4-5-18-19(8-14)29-7-6-26(18)2/h4-5,8,10,12-13,15H,6-7,9,11H2,1-3H3,(H,23,28)/t13-,15-/m1/s1. The van der Waals surface area contributed by atoms with Gasteiger partial charge in [0.05, 0.1) is 29.8 Å². The van der Waals surface area contributed by atoms with Crippen LogP contribution in [0.3, 0.4) is 0 Å². The topological polar surface area (TPSA) is 81.5 Å². The van der Waals surface area contributed by atoms with Gasteiger partial charge in [-0.05, 0) is 25.1 Å². The smallest absolute Gasteiger partial charge is 0.241 e. The van der Waals surface area contributed by atoms with Crippen molar-refractivity contribution >= 4 is 22.6 Å². The third-order valence-electron chi connectivity index (χ3n) is 5.98. The Morgan fingerprint density at radius 1 is 1.30 bits per heavy atom. The number of hydrogen-bond acceptors (Lipinski definition) is 6. The summed E-state index contributed by atoms with van der Waals surface area (Å²) in [4.78, 5) is 23.2. The van der Waals surface area contributed by atoms with E-state index in [4.69, 9.17) is 14.5 Å². The molecule has 3 aromatic rings. The molecule has 2 aliphatic heterocycles. The largest absolute Gasteiger partial charge is 0.490 e. The number of nitrogens with one attached hydrogen (secondary N) is 1. The van der Waals surface area contributed by atoms with Gasteiger partial charge >= 0.3 is 0 Å². The number of likely N-dealkylation sites (N-methyl/N-ethyl adjacent to an activating group) is 1. The highest BCUT2D eigenvalue weighted by atomic mass is 16.5. The fourth-order valence-corrected chi connectivity index (χ4v) is 4.12. The summed E-state index contributed by atoms with van der Waals surface area (Å²) in [5.74, 6) is 1.58. The monoisotopic (exact) mass is 407 g/mol. The molecule has 5 rings (SSSR count). The molecule has 156 valence electrons. The molecule has 4 heterocycles. The Bertz CT molecular complexity index is 1130. The lowest BCUT2D eigenvalue weighted by molar-refractivity contribution is -0.119. The summed E-state index contributed by atoms with van der Waals surface area (Å²) < 4.78 is 14.1. The molecule has 1 amide bonds. The molecule has 2 aliphatic rings. The number of hydrogen-bond donors (Lipinski definition) is 1. The second-order valence-electron chi connectivity index (χ2n) is 8.08. The van der Waals surface area contributed by atoms with E-state index in [1.165, 1.54) is 0 Å². The Labute approximate surface area is 174 Å². The predicted octanol–water partition coefficient (Wildman–Crippen LogP) is 2.37. The van der Waals surface area contributed by atoms with Crippen LogP contribution in [0.2, 0.25) is 0 Å². The van der Waals surface area contributed by atoms with Crippen molar-refractivity contribution in [3.8, 4) is 22.9 Å². The molecule has 2 atom stereocenters. The Morgan fingerprint density at radius 2 is 2.17 bits per heavy atom. The average molecular weight is 407 g/mol. The highest BCUT2D eigenvalue weighted by molar-refractivity contribution is 5.85. The van der Waals surface area contributed by atoms with Crippen molar-refractivity contribution in [2.24, 2.45) is 13.0 Å². The van der Waals surface area contributed by atoms with Crippen molar-refractivity contribution in [2.75, 3.05) is 31.6 Å². The molecule has 0 saturated carbocycles. The summed E-state index contributed by atoms with van der Waals surface area (Å²) in [6.07, 6.45) is 2.09. The van der Waals surface area contributed by atoms with Crippen LogP contribution >= 0.6 is 0 Å². The third kappa shape index (κ3) is 3.22. The van der Waals surface area contributed by atoms with Gasteiger partial charge in [-0.3, -0.25) is 4.79 Å². The minimum atomic E-state index is -0.148. The summed E-state index contributed by atoms with van der Waals surface area (Å²) in [5.41, 5.74) is 4.47.